The molecule has 4 N–H and O–H groups in total. The normalized spacial score (nSPS) is 13.2. The highest BCUT2D eigenvalue weighted by Gasteiger charge is 2.19. The van der Waals surface area contributed by atoms with Crippen LogP contribution in [0, 0.1) is 0 Å². The molecule has 0 aliphatic carbocycles. The van der Waals surface area contributed by atoms with Crippen molar-refractivity contribution < 1.29 is 34.1 Å². The second kappa shape index (κ2) is 27.0. The van der Waals surface area contributed by atoms with Crippen molar-refractivity contribution in [2.24, 2.45) is 0 Å². The molecular formula is C32H52N2O7. The quantitative estimate of drug-likeness (QED) is 0.0656. The number of allylic oxidation sites excluding steroid dienone is 8. The Bertz CT molecular complexity index is 849. The van der Waals surface area contributed by atoms with Crippen molar-refractivity contribution in [2.75, 3.05) is 13.2 Å². The number of nitrogens with one attached hydrogen (secondary N) is 2. The Balaban J connectivity index is 4.12. The van der Waals surface area contributed by atoms with Gasteiger partial charge in [-0.1, -0.05) is 81.7 Å². The molecule has 0 radical (unpaired) electrons. The summed E-state index contributed by atoms with van der Waals surface area (Å²) < 4.78 is 5.73. The van der Waals surface area contributed by atoms with Gasteiger partial charge in [-0.2, -0.15) is 0 Å². The molecule has 0 aliphatic heterocycles. The van der Waals surface area contributed by atoms with Crippen LogP contribution in [0.2, 0.25) is 0 Å². The second-order valence-corrected chi connectivity index (χ2v) is 9.81. The second-order valence-electron chi connectivity index (χ2n) is 9.81. The van der Waals surface area contributed by atoms with E-state index in [4.69, 9.17) is 14.9 Å². The summed E-state index contributed by atoms with van der Waals surface area (Å²) in [5.74, 6) is -2.51. The number of aliphatic carboxylic acids is 1. The third-order valence-electron chi connectivity index (χ3n) is 6.10. The van der Waals surface area contributed by atoms with Gasteiger partial charge in [0, 0.05) is 12.8 Å². The van der Waals surface area contributed by atoms with Gasteiger partial charge in [-0.3, -0.25) is 14.4 Å². The summed E-state index contributed by atoms with van der Waals surface area (Å²) in [6.07, 6.45) is 27.8. The highest BCUT2D eigenvalue weighted by Crippen LogP contribution is 2.15. The summed E-state index contributed by atoms with van der Waals surface area (Å²) in [5.41, 5.74) is 0. The molecule has 0 spiro atoms. The van der Waals surface area contributed by atoms with Crippen LogP contribution < -0.4 is 10.6 Å². The molecule has 2 unspecified atom stereocenters. The number of carbonyl (C=O) groups excluding carboxylic acids is 3. The van der Waals surface area contributed by atoms with Crippen molar-refractivity contribution in [2.45, 2.75) is 116 Å². The van der Waals surface area contributed by atoms with E-state index >= 15 is 0 Å². The fourth-order valence-electron chi connectivity index (χ4n) is 3.77. The maximum absolute atomic E-state index is 12.3. The average molecular weight is 577 g/mol. The lowest BCUT2D eigenvalue weighted by molar-refractivity contribution is -0.149. The molecule has 0 aromatic rings. The van der Waals surface area contributed by atoms with Gasteiger partial charge in [0.2, 0.25) is 11.8 Å². The number of esters is 1. The zero-order chi connectivity index (χ0) is 30.6. The molecule has 2 amide bonds. The molecule has 2 atom stereocenters. The molecular weight excluding hydrogens is 524 g/mol. The minimum absolute atomic E-state index is 0.119. The molecule has 232 valence electrons. The standard InChI is InChI=1S/C32H52N2O7/c1-3-5-7-8-9-10-11-12-13-14-15-16-20-24-31(38)41-27(21-6-4-2)22-18-17-19-23-29(36)33-25-30(37)34-28(26-35)32(39)40/h5,7,9-10,12-13,15-16,27-28,35H,3-4,6,8,11,14,17-26H2,1-2H3,(H,33,36)(H,34,37)(H,39,40)/b7-5-,10-9-,13-12-,16-15-. The SMILES string of the molecule is CC/C=C\C/C=C\C/C=C\C/C=C\CCC(=O)OC(CCCC)CCCCCC(=O)NCC(=O)NC(CO)C(=O)O. The first kappa shape index (κ1) is 37.8. The molecule has 9 heteroatoms. The van der Waals surface area contributed by atoms with Crippen molar-refractivity contribution in [3.63, 3.8) is 0 Å². The van der Waals surface area contributed by atoms with Gasteiger partial charge in [0.25, 0.3) is 0 Å². The number of hydrogen-bond donors (Lipinski definition) is 4. The Morgan fingerprint density at radius 1 is 0.756 bits per heavy atom. The molecule has 0 bridgehead atoms. The van der Waals surface area contributed by atoms with Crippen LogP contribution in [0.25, 0.3) is 0 Å². The van der Waals surface area contributed by atoms with E-state index in [2.05, 4.69) is 67.0 Å². The monoisotopic (exact) mass is 576 g/mol. The summed E-state index contributed by atoms with van der Waals surface area (Å²) in [4.78, 5) is 46.8. The Labute approximate surface area is 246 Å². The highest BCUT2D eigenvalue weighted by molar-refractivity contribution is 5.87. The Hall–Kier alpha value is -3.20. The number of aliphatic hydroxyl groups is 1. The number of ether oxygens (including phenoxy) is 1. The fourth-order valence-corrected chi connectivity index (χ4v) is 3.77. The summed E-state index contributed by atoms with van der Waals surface area (Å²) in [6, 6.07) is -1.39. The van der Waals surface area contributed by atoms with Crippen LogP contribution >= 0.6 is 0 Å². The van der Waals surface area contributed by atoms with Gasteiger partial charge in [0.05, 0.1) is 13.2 Å². The first-order valence-electron chi connectivity index (χ1n) is 15.0. The van der Waals surface area contributed by atoms with Crippen molar-refractivity contribution >= 4 is 23.8 Å². The topological polar surface area (TPSA) is 142 Å². The largest absolute Gasteiger partial charge is 0.480 e. The van der Waals surface area contributed by atoms with E-state index in [-0.39, 0.29) is 30.9 Å². The summed E-state index contributed by atoms with van der Waals surface area (Å²) >= 11 is 0. The predicted molar refractivity (Wildman–Crippen MR) is 162 cm³/mol. The Morgan fingerprint density at radius 3 is 1.95 bits per heavy atom. The molecule has 0 heterocycles. The van der Waals surface area contributed by atoms with E-state index < -0.39 is 24.5 Å². The summed E-state index contributed by atoms with van der Waals surface area (Å²) in [7, 11) is 0. The van der Waals surface area contributed by atoms with Crippen molar-refractivity contribution in [3.05, 3.63) is 48.6 Å². The number of carboxylic acid groups (broad SMARTS) is 1. The van der Waals surface area contributed by atoms with Crippen LogP contribution in [0.1, 0.15) is 104 Å². The van der Waals surface area contributed by atoms with E-state index in [0.717, 1.165) is 64.2 Å². The third kappa shape index (κ3) is 24.3. The van der Waals surface area contributed by atoms with Crippen LogP contribution in [0.5, 0.6) is 0 Å². The maximum atomic E-state index is 12.3. The lowest BCUT2D eigenvalue weighted by Gasteiger charge is -2.17. The van der Waals surface area contributed by atoms with Crippen LogP contribution in [-0.2, 0) is 23.9 Å². The molecule has 0 aromatic carbocycles. The molecule has 9 nitrogen and oxygen atoms in total. The molecule has 0 fully saturated rings. The summed E-state index contributed by atoms with van der Waals surface area (Å²) in [5, 5.41) is 22.3. The summed E-state index contributed by atoms with van der Waals surface area (Å²) in [6.45, 7) is 3.15. The number of carboxylic acids is 1. The molecule has 0 saturated heterocycles. The predicted octanol–water partition coefficient (Wildman–Crippen LogP) is 5.30. The third-order valence-corrected chi connectivity index (χ3v) is 6.10. The molecule has 0 saturated carbocycles. The first-order valence-corrected chi connectivity index (χ1v) is 15.0. The Kier molecular flexibility index (Phi) is 24.9. The van der Waals surface area contributed by atoms with Gasteiger partial charge in [-0.25, -0.2) is 4.79 Å². The van der Waals surface area contributed by atoms with E-state index in [9.17, 15) is 19.2 Å². The van der Waals surface area contributed by atoms with Crippen molar-refractivity contribution in [1.82, 2.24) is 10.6 Å². The lowest BCUT2D eigenvalue weighted by Crippen LogP contribution is -2.47. The highest BCUT2D eigenvalue weighted by atomic mass is 16.5. The molecule has 0 aromatic heterocycles. The first-order chi connectivity index (χ1) is 19.8. The number of hydrogen-bond acceptors (Lipinski definition) is 6. The van der Waals surface area contributed by atoms with E-state index in [1.54, 1.807) is 0 Å². The van der Waals surface area contributed by atoms with Crippen molar-refractivity contribution in [1.29, 1.82) is 0 Å². The van der Waals surface area contributed by atoms with Crippen LogP contribution in [0.4, 0.5) is 0 Å². The Morgan fingerprint density at radius 2 is 1.37 bits per heavy atom. The molecule has 0 rings (SSSR count). The molecule has 41 heavy (non-hydrogen) atoms. The van der Waals surface area contributed by atoms with Gasteiger partial charge in [-0.05, 0) is 57.8 Å². The van der Waals surface area contributed by atoms with Gasteiger partial charge in [0.15, 0.2) is 0 Å². The zero-order valence-electron chi connectivity index (χ0n) is 25.0. The number of carbonyl (C=O) groups is 4. The van der Waals surface area contributed by atoms with Gasteiger partial charge < -0.3 is 25.6 Å². The average Bonchev–Trinajstić information content (AvgIpc) is 2.95. The van der Waals surface area contributed by atoms with E-state index in [1.165, 1.54) is 0 Å². The smallest absolute Gasteiger partial charge is 0.328 e. The number of unbranched alkanes of at least 4 members (excludes halogenated alkanes) is 3. The number of aliphatic hydroxyl groups excluding tert-OH is 1. The van der Waals surface area contributed by atoms with Gasteiger partial charge >= 0.3 is 11.9 Å². The minimum Gasteiger partial charge on any atom is -0.480 e. The number of rotatable bonds is 25. The van der Waals surface area contributed by atoms with Crippen LogP contribution in [-0.4, -0.2) is 59.3 Å². The minimum atomic E-state index is -1.39. The van der Waals surface area contributed by atoms with Gasteiger partial charge in [-0.15, -0.1) is 0 Å². The van der Waals surface area contributed by atoms with E-state index in [1.807, 2.05) is 6.08 Å². The van der Waals surface area contributed by atoms with E-state index in [0.29, 0.717) is 19.3 Å². The maximum Gasteiger partial charge on any atom is 0.328 e. The fraction of sp³-hybridized carbons (Fsp3) is 0.625. The van der Waals surface area contributed by atoms with Crippen molar-refractivity contribution in [3.8, 4) is 0 Å². The molecule has 0 aliphatic rings. The number of amides is 2. The van der Waals surface area contributed by atoms with Crippen LogP contribution in [0.15, 0.2) is 48.6 Å². The zero-order valence-corrected chi connectivity index (χ0v) is 25.0. The van der Waals surface area contributed by atoms with Crippen LogP contribution in [0.3, 0.4) is 0 Å². The lowest BCUT2D eigenvalue weighted by atomic mass is 10.0. The van der Waals surface area contributed by atoms with Gasteiger partial charge in [0.1, 0.15) is 12.1 Å².